The van der Waals surface area contributed by atoms with Gasteiger partial charge in [-0.25, -0.2) is 16.8 Å². The summed E-state index contributed by atoms with van der Waals surface area (Å²) in [4.78, 5) is 19.7. The minimum absolute atomic E-state index is 0. The highest BCUT2D eigenvalue weighted by atomic mass is 32.2. The lowest BCUT2D eigenvalue weighted by atomic mass is 10.3. The van der Waals surface area contributed by atoms with Crippen LogP contribution in [0.25, 0.3) is 20.2 Å². The fourth-order valence-electron chi connectivity index (χ4n) is 3.11. The Hall–Kier alpha value is -2.80. The summed E-state index contributed by atoms with van der Waals surface area (Å²) in [5, 5.41) is 21.4. The van der Waals surface area contributed by atoms with Crippen molar-refractivity contribution in [1.29, 1.82) is 0 Å². The van der Waals surface area contributed by atoms with E-state index in [1.54, 1.807) is 49.4 Å². The first-order valence-electron chi connectivity index (χ1n) is 16.6. The van der Waals surface area contributed by atoms with E-state index in [2.05, 4.69) is 0 Å². The average Bonchev–Trinajstić information content (AvgIpc) is 3.79. The molecule has 2 N–H and O–H groups in total. The van der Waals surface area contributed by atoms with Gasteiger partial charge >= 0.3 is 11.9 Å². The Morgan fingerprint density at radius 2 is 1.04 bits per heavy atom. The van der Waals surface area contributed by atoms with Crippen LogP contribution in [0.15, 0.2) is 69.1 Å². The number of carboxylic acids is 2. The molecule has 2 aromatic carbocycles. The van der Waals surface area contributed by atoms with Crippen LogP contribution in [0.1, 0.15) is 116 Å². The summed E-state index contributed by atoms with van der Waals surface area (Å²) in [5.74, 6) is -1.04. The molecule has 49 heavy (non-hydrogen) atoms. The van der Waals surface area contributed by atoms with Crippen molar-refractivity contribution in [3.63, 3.8) is 0 Å². The summed E-state index contributed by atoms with van der Waals surface area (Å²) >= 11 is 3.11. The zero-order valence-electron chi connectivity index (χ0n) is 31.0. The van der Waals surface area contributed by atoms with Crippen LogP contribution < -0.4 is 0 Å². The second-order valence-electron chi connectivity index (χ2n) is 8.35. The topological polar surface area (TPSA) is 143 Å². The number of hydrogen-bond acceptors (Lipinski definition) is 8. The zero-order chi connectivity index (χ0) is 38.3. The Morgan fingerprint density at radius 3 is 1.49 bits per heavy atom. The van der Waals surface area contributed by atoms with Crippen molar-refractivity contribution in [3.05, 3.63) is 59.3 Å². The van der Waals surface area contributed by atoms with Gasteiger partial charge in [-0.05, 0) is 70.8 Å². The maximum absolute atomic E-state index is 12.0. The molecule has 0 spiro atoms. The van der Waals surface area contributed by atoms with Crippen LogP contribution in [0.4, 0.5) is 0 Å². The molecule has 0 saturated heterocycles. The van der Waals surface area contributed by atoms with Gasteiger partial charge in [-0.2, -0.15) is 0 Å². The molecule has 284 valence electrons. The highest BCUT2D eigenvalue weighted by molar-refractivity contribution is 7.92. The van der Waals surface area contributed by atoms with Gasteiger partial charge in [0.05, 0.1) is 26.0 Å². The lowest BCUT2D eigenvalue weighted by Crippen LogP contribution is -2.05. The minimum atomic E-state index is -3.10. The molecule has 4 aromatic rings. The van der Waals surface area contributed by atoms with E-state index in [0.717, 1.165) is 20.2 Å². The van der Waals surface area contributed by atoms with Crippen molar-refractivity contribution in [2.75, 3.05) is 11.5 Å². The van der Waals surface area contributed by atoms with Gasteiger partial charge in [0.15, 0.2) is 19.7 Å². The number of rotatable bonds is 8. The summed E-state index contributed by atoms with van der Waals surface area (Å²) in [5.41, 5.74) is 0. The van der Waals surface area contributed by atoms with Crippen LogP contribution in [0.2, 0.25) is 0 Å². The molecule has 0 aliphatic carbocycles. The van der Waals surface area contributed by atoms with Gasteiger partial charge in [0.2, 0.25) is 0 Å². The van der Waals surface area contributed by atoms with E-state index in [4.69, 9.17) is 10.2 Å². The third-order valence-electron chi connectivity index (χ3n) is 5.11. The molecule has 0 aliphatic heterocycles. The Morgan fingerprint density at radius 1 is 0.612 bits per heavy atom. The van der Waals surface area contributed by atoms with Crippen molar-refractivity contribution in [2.45, 2.75) is 126 Å². The van der Waals surface area contributed by atoms with Crippen LogP contribution in [-0.2, 0) is 29.3 Å². The predicted octanol–water partition coefficient (Wildman–Crippen LogP) is 11.9. The normalized spacial score (nSPS) is 9.39. The Balaban J connectivity index is -0.000000177. The highest BCUT2D eigenvalue weighted by Crippen LogP contribution is 2.29. The van der Waals surface area contributed by atoms with E-state index in [1.807, 2.05) is 104 Å². The number of carbonyl (C=O) groups is 2. The van der Waals surface area contributed by atoms with Crippen molar-refractivity contribution >= 4 is 74.5 Å². The largest absolute Gasteiger partial charge is 0.481 e. The van der Waals surface area contributed by atoms with Crippen molar-refractivity contribution in [3.8, 4) is 0 Å². The minimum Gasteiger partial charge on any atom is -0.481 e. The lowest BCUT2D eigenvalue weighted by molar-refractivity contribution is -0.137. The van der Waals surface area contributed by atoms with E-state index in [1.165, 1.54) is 11.3 Å². The van der Waals surface area contributed by atoms with Crippen LogP contribution in [0.3, 0.4) is 0 Å². The summed E-state index contributed by atoms with van der Waals surface area (Å²) in [7, 11) is -6.17. The smallest absolute Gasteiger partial charge is 0.303 e. The number of hydrogen-bond donors (Lipinski definition) is 2. The van der Waals surface area contributed by atoms with Gasteiger partial charge in [-0.3, -0.25) is 9.59 Å². The first-order chi connectivity index (χ1) is 22.8. The Kier molecular flexibility index (Phi) is 38.2. The van der Waals surface area contributed by atoms with Gasteiger partial charge in [0.25, 0.3) is 0 Å². The van der Waals surface area contributed by atoms with Gasteiger partial charge in [-0.15, -0.1) is 22.7 Å². The molecule has 0 radical (unpaired) electrons. The summed E-state index contributed by atoms with van der Waals surface area (Å²) in [6, 6.07) is 14.7. The first kappa shape index (κ1) is 55.6. The van der Waals surface area contributed by atoms with Gasteiger partial charge < -0.3 is 10.2 Å². The molecular weight excluding hydrogens is 701 g/mol. The average molecular weight is 765 g/mol. The van der Waals surface area contributed by atoms with E-state index in [0.29, 0.717) is 22.6 Å². The van der Waals surface area contributed by atoms with Crippen LogP contribution in [0, 0.1) is 0 Å². The number of thiophene rings is 2. The molecule has 0 fully saturated rings. The van der Waals surface area contributed by atoms with Gasteiger partial charge in [0, 0.05) is 17.5 Å². The molecule has 0 atom stereocenters. The summed E-state index contributed by atoms with van der Waals surface area (Å²) < 4.78 is 49.5. The molecule has 2 aromatic heterocycles. The van der Waals surface area contributed by atoms with E-state index in [-0.39, 0.29) is 31.8 Å². The maximum atomic E-state index is 12.0. The SMILES string of the molecule is C.CC.CC.CC.CC.CCC(=O)O.CCC(=O)O.CCCS(=O)(=O)c1ccc2sccc2c1.CCCS(=O)(=O)c1cccc2ccsc12. The maximum Gasteiger partial charge on any atom is 0.303 e. The number of benzene rings is 2. The number of aliphatic carboxylic acids is 2. The molecule has 12 heteroatoms. The molecule has 2 heterocycles. The number of sulfone groups is 2. The quantitative estimate of drug-likeness (QED) is 0.180. The standard InChI is InChI=1S/2C11H12O2S2.2C3H6O2.4C2H6.CH4/c1-2-7-15(12,13)10-3-4-11-9(8-10)5-6-14-11;1-2-8-15(12,13)10-5-3-4-9-6-7-14-11(9)10;2*1-2-3(4)5;4*1-2;/h3-6,8H,2,7H2,1H3;3-7H,2,8H2,1H3;2*2H2,1H3,(H,4,5);4*1-2H3;1H4. The number of fused-ring (bicyclic) bond motifs is 2. The van der Waals surface area contributed by atoms with Crippen LogP contribution >= 0.6 is 22.7 Å². The fourth-order valence-corrected chi connectivity index (χ4v) is 8.02. The van der Waals surface area contributed by atoms with Gasteiger partial charge in [0.1, 0.15) is 0 Å². The predicted molar refractivity (Wildman–Crippen MR) is 216 cm³/mol. The second kappa shape index (κ2) is 33.7. The molecular formula is C37H64O8S4. The van der Waals surface area contributed by atoms with Crippen LogP contribution in [0.5, 0.6) is 0 Å². The molecule has 0 amide bonds. The highest BCUT2D eigenvalue weighted by Gasteiger charge is 2.16. The molecule has 8 nitrogen and oxygen atoms in total. The number of carboxylic acid groups (broad SMARTS) is 2. The fraction of sp³-hybridized carbons (Fsp3) is 0.514. The third-order valence-corrected chi connectivity index (χ3v) is 11.0. The Bertz CT molecular complexity index is 1570. The van der Waals surface area contributed by atoms with Crippen molar-refractivity contribution in [2.24, 2.45) is 0 Å². The molecule has 0 saturated carbocycles. The lowest BCUT2D eigenvalue weighted by Gasteiger charge is -2.03. The van der Waals surface area contributed by atoms with Crippen molar-refractivity contribution in [1.82, 2.24) is 0 Å². The second-order valence-corrected chi connectivity index (χ2v) is 14.4. The molecule has 4 rings (SSSR count). The zero-order valence-corrected chi connectivity index (χ0v) is 34.3. The summed E-state index contributed by atoms with van der Waals surface area (Å²) in [6.45, 7) is 23.0. The van der Waals surface area contributed by atoms with E-state index >= 15 is 0 Å². The third kappa shape index (κ3) is 23.3. The van der Waals surface area contributed by atoms with Crippen LogP contribution in [-0.4, -0.2) is 50.5 Å². The molecule has 0 bridgehead atoms. The van der Waals surface area contributed by atoms with Crippen molar-refractivity contribution < 1.29 is 36.6 Å². The van der Waals surface area contributed by atoms with E-state index < -0.39 is 31.6 Å². The molecule has 0 aliphatic rings. The first-order valence-corrected chi connectivity index (χ1v) is 21.7. The van der Waals surface area contributed by atoms with Gasteiger partial charge in [-0.1, -0.05) is 103 Å². The van der Waals surface area contributed by atoms with E-state index in [9.17, 15) is 26.4 Å². The Labute approximate surface area is 306 Å². The molecule has 0 unspecified atom stereocenters. The monoisotopic (exact) mass is 764 g/mol. The summed E-state index contributed by atoms with van der Waals surface area (Å²) in [6.07, 6.45) is 1.76.